The van der Waals surface area contributed by atoms with Gasteiger partial charge in [-0.2, -0.15) is 0 Å². The Hall–Kier alpha value is -3.36. The van der Waals surface area contributed by atoms with Crippen LogP contribution in [0.1, 0.15) is 51.1 Å². The van der Waals surface area contributed by atoms with Crippen LogP contribution in [0.15, 0.2) is 86.0 Å². The van der Waals surface area contributed by atoms with E-state index >= 15 is 0 Å². The number of aliphatic hydroxyl groups excluding tert-OH is 1. The monoisotopic (exact) mass is 615 g/mol. The van der Waals surface area contributed by atoms with E-state index in [1.807, 2.05) is 65.6 Å². The number of aliphatic hydroxyl groups is 1. The molecule has 44 heavy (non-hydrogen) atoms. The van der Waals surface area contributed by atoms with Crippen molar-refractivity contribution in [3.8, 4) is 0 Å². The predicted molar refractivity (Wildman–Crippen MR) is 177 cm³/mol. The summed E-state index contributed by atoms with van der Waals surface area (Å²) in [6.07, 6.45) is 7.06. The summed E-state index contributed by atoms with van der Waals surface area (Å²) < 4.78 is -0.790. The highest BCUT2D eigenvalue weighted by molar-refractivity contribution is 8.02. The lowest BCUT2D eigenvalue weighted by molar-refractivity contribution is -0.145. The number of likely N-dealkylation sites (tertiary alicyclic amines) is 1. The lowest BCUT2D eigenvalue weighted by atomic mass is 9.65. The van der Waals surface area contributed by atoms with Gasteiger partial charge in [0, 0.05) is 30.6 Å². The van der Waals surface area contributed by atoms with Gasteiger partial charge in [-0.15, -0.1) is 24.9 Å². The molecule has 0 aliphatic carbocycles. The normalized spacial score (nSPS) is 27.6. The third-order valence-electron chi connectivity index (χ3n) is 9.73. The Kier molecular flexibility index (Phi) is 10.0. The van der Waals surface area contributed by atoms with Gasteiger partial charge in [-0.3, -0.25) is 14.4 Å². The van der Waals surface area contributed by atoms with Crippen LogP contribution in [0.5, 0.6) is 0 Å². The first kappa shape index (κ1) is 32.0. The van der Waals surface area contributed by atoms with E-state index < -0.39 is 28.7 Å². The molecule has 0 aromatic heterocycles. The van der Waals surface area contributed by atoms with Crippen molar-refractivity contribution in [1.29, 1.82) is 0 Å². The van der Waals surface area contributed by atoms with Crippen LogP contribution in [0.25, 0.3) is 0 Å². The Labute approximate surface area is 266 Å². The first-order valence-corrected chi connectivity index (χ1v) is 16.8. The molecular formula is C36H45N3O4S. The summed E-state index contributed by atoms with van der Waals surface area (Å²) in [5, 5.41) is 10.7. The smallest absolute Gasteiger partial charge is 0.247 e. The van der Waals surface area contributed by atoms with Crippen LogP contribution < -0.4 is 4.90 Å². The zero-order valence-corrected chi connectivity index (χ0v) is 26.7. The van der Waals surface area contributed by atoms with Crippen molar-refractivity contribution in [3.63, 3.8) is 0 Å². The molecule has 0 radical (unpaired) electrons. The zero-order chi connectivity index (χ0) is 31.4. The molecule has 1 N–H and O–H groups in total. The van der Waals surface area contributed by atoms with Crippen LogP contribution in [-0.4, -0.2) is 74.9 Å². The maximum absolute atomic E-state index is 14.9. The van der Waals surface area contributed by atoms with E-state index in [0.29, 0.717) is 19.6 Å². The number of hydrogen-bond acceptors (Lipinski definition) is 5. The van der Waals surface area contributed by atoms with E-state index in [4.69, 9.17) is 0 Å². The number of anilines is 1. The second-order valence-electron chi connectivity index (χ2n) is 12.3. The van der Waals surface area contributed by atoms with Crippen LogP contribution in [0, 0.1) is 17.8 Å². The molecule has 3 aliphatic heterocycles. The lowest BCUT2D eigenvalue weighted by Crippen LogP contribution is -2.58. The highest BCUT2D eigenvalue weighted by Gasteiger charge is 2.77. The topological polar surface area (TPSA) is 81.2 Å². The Morgan fingerprint density at radius 3 is 2.32 bits per heavy atom. The number of thioether (sulfide) groups is 1. The zero-order valence-electron chi connectivity index (χ0n) is 25.9. The van der Waals surface area contributed by atoms with Crippen LogP contribution >= 0.6 is 11.8 Å². The molecule has 7 atom stereocenters. The minimum atomic E-state index is -0.814. The molecule has 3 saturated heterocycles. The number of fused-ring (bicyclic) bond motifs is 1. The summed E-state index contributed by atoms with van der Waals surface area (Å²) >= 11 is 1.66. The number of carbonyl (C=O) groups is 3. The fourth-order valence-corrected chi connectivity index (χ4v) is 10.2. The average molecular weight is 616 g/mol. The number of rotatable bonds is 14. The molecule has 3 heterocycles. The molecule has 3 amide bonds. The fraction of sp³-hybridized carbons (Fsp3) is 0.472. The minimum Gasteiger partial charge on any atom is -0.394 e. The molecule has 2 aromatic carbocycles. The number of nitrogens with zero attached hydrogens (tertiary/aromatic N) is 3. The van der Waals surface area contributed by atoms with Gasteiger partial charge in [0.25, 0.3) is 0 Å². The van der Waals surface area contributed by atoms with Crippen molar-refractivity contribution >= 4 is 35.2 Å². The van der Waals surface area contributed by atoms with E-state index in [1.54, 1.807) is 33.7 Å². The van der Waals surface area contributed by atoms with Crippen LogP contribution in [0.4, 0.5) is 5.69 Å². The first-order valence-electron chi connectivity index (χ1n) is 15.9. The number of carbonyl (C=O) groups excluding carboxylic acids is 3. The van der Waals surface area contributed by atoms with E-state index in [2.05, 4.69) is 27.0 Å². The van der Waals surface area contributed by atoms with Crippen LogP contribution in [0.2, 0.25) is 0 Å². The molecule has 2 bridgehead atoms. The molecule has 3 aliphatic rings. The SMILES string of the molecule is C=CCN(CCCCC)C(=O)C1N([C@H](CO)c2ccccc2)C(=O)[C@@H]2[C@@H](C(=O)N(CC=C)c3ccccc3)[C@H]3CC(C)C12S3. The molecule has 5 rings (SSSR count). The summed E-state index contributed by atoms with van der Waals surface area (Å²) in [6.45, 7) is 13.0. The highest BCUT2D eigenvalue weighted by Crippen LogP contribution is 2.69. The van der Waals surface area contributed by atoms with Gasteiger partial charge in [-0.05, 0) is 36.5 Å². The van der Waals surface area contributed by atoms with Gasteiger partial charge in [-0.1, -0.05) is 87.4 Å². The minimum absolute atomic E-state index is 0.0235. The third kappa shape index (κ3) is 5.40. The van der Waals surface area contributed by atoms with Crippen molar-refractivity contribution in [2.45, 2.75) is 61.6 Å². The molecule has 2 aromatic rings. The molecular weight excluding hydrogens is 570 g/mol. The predicted octanol–water partition coefficient (Wildman–Crippen LogP) is 5.48. The fourth-order valence-electron chi connectivity index (χ4n) is 7.80. The Morgan fingerprint density at radius 2 is 1.70 bits per heavy atom. The molecule has 8 heteroatoms. The number of para-hydroxylation sites is 1. The Morgan fingerprint density at radius 1 is 1.05 bits per heavy atom. The largest absolute Gasteiger partial charge is 0.394 e. The first-order chi connectivity index (χ1) is 21.3. The second-order valence-corrected chi connectivity index (χ2v) is 13.8. The Bertz CT molecular complexity index is 1350. The molecule has 1 spiro atoms. The second kappa shape index (κ2) is 13.7. The standard InChI is InChI=1S/C36H45N3O4S/c1-5-8-15-22-37(20-6-2)35(43)32-36-25(4)23-29(44-36)30(33(41)38(21-7-3)27-18-13-10-14-19-27)31(36)34(42)39(32)28(24-40)26-16-11-9-12-17-26/h6-7,9-14,16-19,25,28-32,40H,2-3,5,8,15,20-24H2,1,4H3/t25?,28-,29-,30+,31+,32?,36?/m1/s1. The molecule has 0 saturated carbocycles. The van der Waals surface area contributed by atoms with Crippen molar-refractivity contribution in [2.24, 2.45) is 17.8 Å². The molecule has 234 valence electrons. The highest BCUT2D eigenvalue weighted by atomic mass is 32.2. The number of benzene rings is 2. The van der Waals surface area contributed by atoms with E-state index in [1.165, 1.54) is 0 Å². The van der Waals surface area contributed by atoms with Gasteiger partial charge in [0.2, 0.25) is 17.7 Å². The van der Waals surface area contributed by atoms with Crippen LogP contribution in [0.3, 0.4) is 0 Å². The summed E-state index contributed by atoms with van der Waals surface area (Å²) in [5.74, 6) is -1.70. The molecule has 7 nitrogen and oxygen atoms in total. The van der Waals surface area contributed by atoms with E-state index in [9.17, 15) is 19.5 Å². The Balaban J connectivity index is 1.62. The number of hydrogen-bond donors (Lipinski definition) is 1. The number of amides is 3. The quantitative estimate of drug-likeness (QED) is 0.225. The summed E-state index contributed by atoms with van der Waals surface area (Å²) in [5.41, 5.74) is 1.53. The van der Waals surface area contributed by atoms with Gasteiger partial charge in [0.05, 0.1) is 29.2 Å². The van der Waals surface area contributed by atoms with E-state index in [-0.39, 0.29) is 35.5 Å². The number of unbranched alkanes of at least 4 members (excludes halogenated alkanes) is 2. The maximum atomic E-state index is 14.9. The van der Waals surface area contributed by atoms with Crippen LogP contribution in [-0.2, 0) is 14.4 Å². The summed E-state index contributed by atoms with van der Waals surface area (Å²) in [7, 11) is 0. The van der Waals surface area contributed by atoms with Crippen molar-refractivity contribution in [3.05, 3.63) is 91.5 Å². The van der Waals surface area contributed by atoms with Gasteiger partial charge < -0.3 is 19.8 Å². The van der Waals surface area contributed by atoms with Gasteiger partial charge in [0.1, 0.15) is 6.04 Å². The third-order valence-corrected chi connectivity index (χ3v) is 11.8. The van der Waals surface area contributed by atoms with Gasteiger partial charge >= 0.3 is 0 Å². The average Bonchev–Trinajstić information content (AvgIpc) is 3.64. The summed E-state index contributed by atoms with van der Waals surface area (Å²) in [4.78, 5) is 49.5. The van der Waals surface area contributed by atoms with Crippen molar-refractivity contribution in [2.75, 3.05) is 31.1 Å². The maximum Gasteiger partial charge on any atom is 0.247 e. The lowest BCUT2D eigenvalue weighted by Gasteiger charge is -2.42. The summed E-state index contributed by atoms with van der Waals surface area (Å²) in [6, 6.07) is 17.4. The van der Waals surface area contributed by atoms with Gasteiger partial charge in [0.15, 0.2) is 0 Å². The molecule has 3 fully saturated rings. The van der Waals surface area contributed by atoms with Crippen molar-refractivity contribution in [1.82, 2.24) is 9.80 Å². The van der Waals surface area contributed by atoms with Crippen molar-refractivity contribution < 1.29 is 19.5 Å². The van der Waals surface area contributed by atoms with E-state index in [0.717, 1.165) is 36.9 Å². The van der Waals surface area contributed by atoms with Gasteiger partial charge in [-0.25, -0.2) is 0 Å². The molecule has 3 unspecified atom stereocenters.